The third-order valence-corrected chi connectivity index (χ3v) is 4.24. The predicted octanol–water partition coefficient (Wildman–Crippen LogP) is 1.85. The van der Waals surface area contributed by atoms with Gasteiger partial charge in [0.15, 0.2) is 0 Å². The van der Waals surface area contributed by atoms with Crippen molar-refractivity contribution in [2.45, 2.75) is 46.5 Å². The van der Waals surface area contributed by atoms with Crippen molar-refractivity contribution in [1.29, 1.82) is 0 Å². The van der Waals surface area contributed by atoms with E-state index in [0.29, 0.717) is 24.8 Å². The highest BCUT2D eigenvalue weighted by atomic mass is 16.1. The van der Waals surface area contributed by atoms with E-state index >= 15 is 0 Å². The number of piperidine rings is 1. The summed E-state index contributed by atoms with van der Waals surface area (Å²) in [6.45, 7) is 11.4. The molecule has 0 aliphatic carbocycles. The lowest BCUT2D eigenvalue weighted by Crippen LogP contribution is -2.39. The molecule has 0 aromatic carbocycles. The van der Waals surface area contributed by atoms with Crippen molar-refractivity contribution in [3.05, 3.63) is 0 Å². The molecule has 4 heteroatoms. The summed E-state index contributed by atoms with van der Waals surface area (Å²) in [6.07, 6.45) is 4.19. The Morgan fingerprint density at radius 2 is 2.00 bits per heavy atom. The summed E-state index contributed by atoms with van der Waals surface area (Å²) in [6, 6.07) is 0. The van der Waals surface area contributed by atoms with Crippen molar-refractivity contribution in [1.82, 2.24) is 10.2 Å². The molecule has 0 bridgehead atoms. The molecule has 4 nitrogen and oxygen atoms in total. The summed E-state index contributed by atoms with van der Waals surface area (Å²) in [7, 11) is 0. The first-order valence-electron chi connectivity index (χ1n) is 8.20. The van der Waals surface area contributed by atoms with Crippen LogP contribution in [-0.2, 0) is 4.79 Å². The minimum absolute atomic E-state index is 0.159. The molecule has 1 rings (SSSR count). The molecule has 1 fully saturated rings. The number of nitrogens with zero attached hydrogens (tertiary/aromatic N) is 1. The Labute approximate surface area is 124 Å². The van der Waals surface area contributed by atoms with Crippen LogP contribution in [0.5, 0.6) is 0 Å². The normalized spacial score (nSPS) is 19.2. The molecule has 1 aliphatic heterocycles. The first kappa shape index (κ1) is 17.4. The maximum Gasteiger partial charge on any atom is 0.220 e. The van der Waals surface area contributed by atoms with Gasteiger partial charge >= 0.3 is 0 Å². The highest BCUT2D eigenvalue weighted by molar-refractivity contribution is 5.76. The summed E-state index contributed by atoms with van der Waals surface area (Å²) >= 11 is 0. The summed E-state index contributed by atoms with van der Waals surface area (Å²) in [5.41, 5.74) is 5.74. The van der Waals surface area contributed by atoms with Gasteiger partial charge in [-0.2, -0.15) is 0 Å². The molecule has 0 spiro atoms. The van der Waals surface area contributed by atoms with Gasteiger partial charge in [0.05, 0.1) is 0 Å². The van der Waals surface area contributed by atoms with E-state index in [4.69, 9.17) is 5.73 Å². The van der Waals surface area contributed by atoms with Crippen molar-refractivity contribution in [3.8, 4) is 0 Å². The second-order valence-corrected chi connectivity index (χ2v) is 6.81. The average molecular weight is 283 g/mol. The average Bonchev–Trinajstić information content (AvgIpc) is 2.39. The van der Waals surface area contributed by atoms with Gasteiger partial charge in [-0.1, -0.05) is 20.8 Å². The van der Waals surface area contributed by atoms with E-state index in [1.54, 1.807) is 0 Å². The van der Waals surface area contributed by atoms with Gasteiger partial charge in [-0.05, 0) is 56.7 Å². The molecule has 1 atom stereocenters. The highest BCUT2D eigenvalue weighted by Gasteiger charge is 2.16. The van der Waals surface area contributed by atoms with E-state index in [9.17, 15) is 4.79 Å². The lowest BCUT2D eigenvalue weighted by Gasteiger charge is -2.30. The zero-order chi connectivity index (χ0) is 15.0. The fraction of sp³-hybridized carbons (Fsp3) is 0.938. The number of hydrogen-bond acceptors (Lipinski definition) is 3. The van der Waals surface area contributed by atoms with Crippen molar-refractivity contribution < 1.29 is 4.79 Å². The molecule has 1 unspecified atom stereocenters. The second kappa shape index (κ2) is 9.35. The lowest BCUT2D eigenvalue weighted by atomic mass is 9.94. The second-order valence-electron chi connectivity index (χ2n) is 6.81. The van der Waals surface area contributed by atoms with Crippen LogP contribution in [0.1, 0.15) is 46.5 Å². The number of nitrogens with one attached hydrogen (secondary N) is 1. The van der Waals surface area contributed by atoms with Gasteiger partial charge in [0.25, 0.3) is 0 Å². The topological polar surface area (TPSA) is 58.4 Å². The van der Waals surface area contributed by atoms with E-state index < -0.39 is 0 Å². The summed E-state index contributed by atoms with van der Waals surface area (Å²) in [4.78, 5) is 14.4. The van der Waals surface area contributed by atoms with Crippen molar-refractivity contribution >= 4 is 5.91 Å². The number of nitrogens with two attached hydrogens (primary N) is 1. The van der Waals surface area contributed by atoms with Gasteiger partial charge in [-0.15, -0.1) is 0 Å². The van der Waals surface area contributed by atoms with Gasteiger partial charge < -0.3 is 16.0 Å². The Balaban J connectivity index is 2.13. The van der Waals surface area contributed by atoms with Crippen LogP contribution in [0.4, 0.5) is 0 Å². The van der Waals surface area contributed by atoms with Crippen LogP contribution in [0.3, 0.4) is 0 Å². The third-order valence-electron chi connectivity index (χ3n) is 4.24. The number of carbonyl (C=O) groups excluding carboxylic acids is 1. The Morgan fingerprint density at radius 1 is 1.35 bits per heavy atom. The molecule has 0 radical (unpaired) electrons. The van der Waals surface area contributed by atoms with E-state index in [0.717, 1.165) is 25.4 Å². The van der Waals surface area contributed by atoms with E-state index in [1.807, 2.05) is 0 Å². The summed E-state index contributed by atoms with van der Waals surface area (Å²) in [5.74, 6) is 1.95. The standard InChI is InChI=1S/C16H33N3O/c1-13(2)10-15(12-17)11-16(20)18-6-9-19-7-4-14(3)5-8-19/h13-15H,4-12,17H2,1-3H3,(H,18,20). The quantitative estimate of drug-likeness (QED) is 0.715. The zero-order valence-electron chi connectivity index (χ0n) is 13.5. The van der Waals surface area contributed by atoms with Crippen LogP contribution in [0.25, 0.3) is 0 Å². The predicted molar refractivity (Wildman–Crippen MR) is 84.5 cm³/mol. The fourth-order valence-corrected chi connectivity index (χ4v) is 2.90. The van der Waals surface area contributed by atoms with Crippen molar-refractivity contribution in [2.75, 3.05) is 32.7 Å². The molecule has 1 heterocycles. The minimum atomic E-state index is 0.159. The minimum Gasteiger partial charge on any atom is -0.355 e. The van der Waals surface area contributed by atoms with Crippen LogP contribution >= 0.6 is 0 Å². The molecular formula is C16H33N3O. The van der Waals surface area contributed by atoms with Gasteiger partial charge in [0.1, 0.15) is 0 Å². The molecular weight excluding hydrogens is 250 g/mol. The number of amides is 1. The Hall–Kier alpha value is -0.610. The number of hydrogen-bond donors (Lipinski definition) is 2. The summed E-state index contributed by atoms with van der Waals surface area (Å²) in [5, 5.41) is 3.04. The van der Waals surface area contributed by atoms with Crippen LogP contribution < -0.4 is 11.1 Å². The number of rotatable bonds is 8. The molecule has 0 saturated carbocycles. The number of likely N-dealkylation sites (tertiary alicyclic amines) is 1. The van der Waals surface area contributed by atoms with Gasteiger partial charge in [0.2, 0.25) is 5.91 Å². The first-order valence-corrected chi connectivity index (χ1v) is 8.20. The summed E-state index contributed by atoms with van der Waals surface area (Å²) < 4.78 is 0. The Morgan fingerprint density at radius 3 is 2.55 bits per heavy atom. The molecule has 0 aromatic heterocycles. The number of carbonyl (C=O) groups is 1. The van der Waals surface area contributed by atoms with Crippen LogP contribution in [-0.4, -0.2) is 43.5 Å². The molecule has 118 valence electrons. The lowest BCUT2D eigenvalue weighted by molar-refractivity contribution is -0.122. The SMILES string of the molecule is CC(C)CC(CN)CC(=O)NCCN1CCC(C)CC1. The van der Waals surface area contributed by atoms with Crippen LogP contribution in [0.2, 0.25) is 0 Å². The maximum absolute atomic E-state index is 11.9. The smallest absolute Gasteiger partial charge is 0.220 e. The van der Waals surface area contributed by atoms with E-state index in [-0.39, 0.29) is 5.91 Å². The van der Waals surface area contributed by atoms with Crippen molar-refractivity contribution in [3.63, 3.8) is 0 Å². The van der Waals surface area contributed by atoms with E-state index in [2.05, 4.69) is 31.0 Å². The van der Waals surface area contributed by atoms with Gasteiger partial charge in [-0.3, -0.25) is 4.79 Å². The Kier molecular flexibility index (Phi) is 8.15. The van der Waals surface area contributed by atoms with Crippen LogP contribution in [0, 0.1) is 17.8 Å². The van der Waals surface area contributed by atoms with E-state index in [1.165, 1.54) is 25.9 Å². The fourth-order valence-electron chi connectivity index (χ4n) is 2.90. The van der Waals surface area contributed by atoms with Gasteiger partial charge in [0, 0.05) is 19.5 Å². The molecule has 20 heavy (non-hydrogen) atoms. The monoisotopic (exact) mass is 283 g/mol. The maximum atomic E-state index is 11.9. The molecule has 1 saturated heterocycles. The largest absolute Gasteiger partial charge is 0.355 e. The molecule has 3 N–H and O–H groups in total. The first-order chi connectivity index (χ1) is 9.51. The molecule has 1 amide bonds. The molecule has 0 aromatic rings. The molecule has 1 aliphatic rings. The van der Waals surface area contributed by atoms with Crippen molar-refractivity contribution in [2.24, 2.45) is 23.5 Å². The zero-order valence-corrected chi connectivity index (χ0v) is 13.5. The van der Waals surface area contributed by atoms with Gasteiger partial charge in [-0.25, -0.2) is 0 Å². The Bertz CT molecular complexity index is 273. The third kappa shape index (κ3) is 7.25. The van der Waals surface area contributed by atoms with Crippen LogP contribution in [0.15, 0.2) is 0 Å². The highest BCUT2D eigenvalue weighted by Crippen LogP contribution is 2.15.